The molecule has 0 fully saturated rings. The second kappa shape index (κ2) is 5.49. The molecule has 2 rings (SSSR count). The van der Waals surface area contributed by atoms with Crippen LogP contribution in [-0.2, 0) is 11.2 Å². The van der Waals surface area contributed by atoms with E-state index in [1.807, 2.05) is 0 Å². The van der Waals surface area contributed by atoms with Gasteiger partial charge < -0.3 is 5.11 Å². The van der Waals surface area contributed by atoms with Crippen LogP contribution in [0.2, 0.25) is 5.02 Å². The van der Waals surface area contributed by atoms with Crippen LogP contribution >= 0.6 is 11.6 Å². The van der Waals surface area contributed by atoms with Gasteiger partial charge in [0, 0.05) is 17.3 Å². The summed E-state index contributed by atoms with van der Waals surface area (Å²) in [6, 6.07) is 1.18. The molecule has 0 aliphatic carbocycles. The molecule has 0 aromatic carbocycles. The maximum Gasteiger partial charge on any atom is 0.307 e. The van der Waals surface area contributed by atoms with E-state index in [0.717, 1.165) is 6.20 Å². The highest BCUT2D eigenvalue weighted by atomic mass is 35.5. The van der Waals surface area contributed by atoms with Gasteiger partial charge >= 0.3 is 5.97 Å². The SMILES string of the molecule is Cc1nn(-c2ncc([N+](=O)[O-])cc2Cl)c(C)c1CC(=O)O. The van der Waals surface area contributed by atoms with Gasteiger partial charge in [-0.3, -0.25) is 14.9 Å². The lowest BCUT2D eigenvalue weighted by molar-refractivity contribution is -0.385. The Hall–Kier alpha value is -2.48. The first-order chi connectivity index (χ1) is 9.81. The number of aromatic nitrogens is 3. The minimum Gasteiger partial charge on any atom is -0.481 e. The van der Waals surface area contributed by atoms with Crippen LogP contribution in [0, 0.1) is 24.0 Å². The molecule has 0 radical (unpaired) electrons. The standard InChI is InChI=1S/C12H11ClN4O4/c1-6-9(4-11(18)19)7(2)16(15-6)12-10(13)3-8(5-14-12)17(20)21/h3,5H,4H2,1-2H3,(H,18,19). The number of aryl methyl sites for hydroxylation is 1. The fourth-order valence-corrected chi connectivity index (χ4v) is 2.21. The fraction of sp³-hybridized carbons (Fsp3) is 0.250. The predicted octanol–water partition coefficient (Wildman–Crippen LogP) is 2.07. The number of nitro groups is 1. The topological polar surface area (TPSA) is 111 Å². The van der Waals surface area contributed by atoms with E-state index in [9.17, 15) is 14.9 Å². The zero-order valence-corrected chi connectivity index (χ0v) is 12.0. The molecule has 0 aliphatic heterocycles. The summed E-state index contributed by atoms with van der Waals surface area (Å²) in [5.41, 5.74) is 1.47. The van der Waals surface area contributed by atoms with Gasteiger partial charge in [0.2, 0.25) is 0 Å². The Morgan fingerprint density at radius 1 is 1.52 bits per heavy atom. The summed E-state index contributed by atoms with van der Waals surface area (Å²) in [5, 5.41) is 23.8. The number of aliphatic carboxylic acids is 1. The van der Waals surface area contributed by atoms with Crippen LogP contribution in [0.15, 0.2) is 12.3 Å². The van der Waals surface area contributed by atoms with Crippen molar-refractivity contribution in [3.8, 4) is 5.82 Å². The third kappa shape index (κ3) is 2.84. The molecule has 0 unspecified atom stereocenters. The number of nitrogens with zero attached hydrogens (tertiary/aromatic N) is 4. The Balaban J connectivity index is 2.53. The van der Waals surface area contributed by atoms with Crippen molar-refractivity contribution in [1.82, 2.24) is 14.8 Å². The van der Waals surface area contributed by atoms with Gasteiger partial charge in [-0.1, -0.05) is 11.6 Å². The zero-order valence-electron chi connectivity index (χ0n) is 11.2. The van der Waals surface area contributed by atoms with Gasteiger partial charge in [-0.2, -0.15) is 5.10 Å². The smallest absolute Gasteiger partial charge is 0.307 e. The molecule has 1 N–H and O–H groups in total. The van der Waals surface area contributed by atoms with E-state index in [0.29, 0.717) is 17.0 Å². The molecule has 0 amide bonds. The predicted molar refractivity (Wildman–Crippen MR) is 73.8 cm³/mol. The van der Waals surface area contributed by atoms with Gasteiger partial charge in [0.15, 0.2) is 5.82 Å². The van der Waals surface area contributed by atoms with Gasteiger partial charge in [0.05, 0.1) is 22.1 Å². The highest BCUT2D eigenvalue weighted by Crippen LogP contribution is 2.25. The molecule has 2 aromatic heterocycles. The summed E-state index contributed by atoms with van der Waals surface area (Å²) in [7, 11) is 0. The third-order valence-electron chi connectivity index (χ3n) is 2.99. The second-order valence-electron chi connectivity index (χ2n) is 4.39. The minimum absolute atomic E-state index is 0.0664. The van der Waals surface area contributed by atoms with E-state index < -0.39 is 10.9 Å². The summed E-state index contributed by atoms with van der Waals surface area (Å²) >= 11 is 6.00. The highest BCUT2D eigenvalue weighted by Gasteiger charge is 2.19. The maximum absolute atomic E-state index is 10.9. The molecule has 0 saturated carbocycles. The molecule has 2 aromatic rings. The fourth-order valence-electron chi connectivity index (χ4n) is 1.96. The largest absolute Gasteiger partial charge is 0.481 e. The molecule has 0 atom stereocenters. The molecule has 0 aliphatic rings. The number of hydrogen-bond donors (Lipinski definition) is 1. The van der Waals surface area contributed by atoms with Gasteiger partial charge in [0.25, 0.3) is 5.69 Å². The molecule has 2 heterocycles. The molecule has 0 saturated heterocycles. The van der Waals surface area contributed by atoms with Gasteiger partial charge in [-0.25, -0.2) is 9.67 Å². The summed E-state index contributed by atoms with van der Waals surface area (Å²) in [5.74, 6) is -0.747. The van der Waals surface area contributed by atoms with Crippen LogP contribution in [0.4, 0.5) is 5.69 Å². The third-order valence-corrected chi connectivity index (χ3v) is 3.27. The van der Waals surface area contributed by atoms with Crippen molar-refractivity contribution in [1.29, 1.82) is 0 Å². The van der Waals surface area contributed by atoms with Gasteiger partial charge in [-0.05, 0) is 13.8 Å². The summed E-state index contributed by atoms with van der Waals surface area (Å²) in [4.78, 5) is 24.9. The Bertz CT molecular complexity index is 741. The Morgan fingerprint density at radius 2 is 2.19 bits per heavy atom. The molecule has 9 heteroatoms. The number of halogens is 1. The Labute approximate surface area is 124 Å². The lowest BCUT2D eigenvalue weighted by Crippen LogP contribution is -2.05. The summed E-state index contributed by atoms with van der Waals surface area (Å²) in [6.45, 7) is 3.37. The number of carbonyl (C=O) groups is 1. The first-order valence-corrected chi connectivity index (χ1v) is 6.26. The highest BCUT2D eigenvalue weighted by molar-refractivity contribution is 6.32. The van der Waals surface area contributed by atoms with Crippen LogP contribution < -0.4 is 0 Å². The van der Waals surface area contributed by atoms with Crippen molar-refractivity contribution in [2.45, 2.75) is 20.3 Å². The Kier molecular flexibility index (Phi) is 3.90. The van der Waals surface area contributed by atoms with Crippen LogP contribution in [0.5, 0.6) is 0 Å². The van der Waals surface area contributed by atoms with Crippen LogP contribution in [-0.4, -0.2) is 30.8 Å². The number of hydrogen-bond acceptors (Lipinski definition) is 5. The number of carboxylic acids is 1. The van der Waals surface area contributed by atoms with Crippen molar-refractivity contribution < 1.29 is 14.8 Å². The molecule has 110 valence electrons. The first-order valence-electron chi connectivity index (χ1n) is 5.88. The lowest BCUT2D eigenvalue weighted by Gasteiger charge is -2.05. The van der Waals surface area contributed by atoms with Crippen LogP contribution in [0.1, 0.15) is 17.0 Å². The Morgan fingerprint density at radius 3 is 2.71 bits per heavy atom. The van der Waals surface area contributed by atoms with E-state index >= 15 is 0 Å². The maximum atomic E-state index is 10.9. The van der Waals surface area contributed by atoms with Gasteiger partial charge in [0.1, 0.15) is 6.20 Å². The summed E-state index contributed by atoms with van der Waals surface area (Å²) < 4.78 is 1.39. The van der Waals surface area contributed by atoms with Crippen molar-refractivity contribution in [3.63, 3.8) is 0 Å². The van der Waals surface area contributed by atoms with Gasteiger partial charge in [-0.15, -0.1) is 0 Å². The number of rotatable bonds is 4. The van der Waals surface area contributed by atoms with Crippen molar-refractivity contribution in [2.75, 3.05) is 0 Å². The average Bonchev–Trinajstić information content (AvgIpc) is 2.66. The molecular formula is C12H11ClN4O4. The van der Waals surface area contributed by atoms with Crippen molar-refractivity contribution >= 4 is 23.3 Å². The van der Waals surface area contributed by atoms with Crippen LogP contribution in [0.3, 0.4) is 0 Å². The second-order valence-corrected chi connectivity index (χ2v) is 4.79. The molecule has 21 heavy (non-hydrogen) atoms. The average molecular weight is 311 g/mol. The zero-order chi connectivity index (χ0) is 15.7. The van der Waals surface area contributed by atoms with Crippen LogP contribution in [0.25, 0.3) is 5.82 Å². The molecular weight excluding hydrogens is 300 g/mol. The summed E-state index contributed by atoms with van der Waals surface area (Å²) in [6.07, 6.45) is 0.913. The quantitative estimate of drug-likeness (QED) is 0.683. The first kappa shape index (κ1) is 14.9. The normalized spacial score (nSPS) is 10.6. The molecule has 0 bridgehead atoms. The van der Waals surface area contributed by atoms with E-state index in [-0.39, 0.29) is 22.9 Å². The number of carboxylic acid groups (broad SMARTS) is 1. The monoisotopic (exact) mass is 310 g/mol. The van der Waals surface area contributed by atoms with Crippen molar-refractivity contribution in [3.05, 3.63) is 44.4 Å². The lowest BCUT2D eigenvalue weighted by atomic mass is 10.1. The molecule has 8 nitrogen and oxygen atoms in total. The number of pyridine rings is 1. The van der Waals surface area contributed by atoms with E-state index in [4.69, 9.17) is 16.7 Å². The van der Waals surface area contributed by atoms with E-state index in [1.54, 1.807) is 13.8 Å². The van der Waals surface area contributed by atoms with E-state index in [1.165, 1.54) is 10.7 Å². The molecule has 0 spiro atoms. The minimum atomic E-state index is -0.969. The van der Waals surface area contributed by atoms with E-state index in [2.05, 4.69) is 10.1 Å². The van der Waals surface area contributed by atoms with Crippen molar-refractivity contribution in [2.24, 2.45) is 0 Å².